The molecule has 0 bridgehead atoms. The summed E-state index contributed by atoms with van der Waals surface area (Å²) in [4.78, 5) is 15.9. The van der Waals surface area contributed by atoms with Crippen LogP contribution in [0.1, 0.15) is 35.0 Å². The van der Waals surface area contributed by atoms with Crippen molar-refractivity contribution in [2.75, 3.05) is 12.4 Å². The van der Waals surface area contributed by atoms with Crippen molar-refractivity contribution >= 4 is 17.5 Å². The zero-order valence-electron chi connectivity index (χ0n) is 13.2. The first-order valence-corrected chi connectivity index (χ1v) is 8.33. The van der Waals surface area contributed by atoms with E-state index < -0.39 is 0 Å². The van der Waals surface area contributed by atoms with Crippen LogP contribution in [0.15, 0.2) is 41.4 Å². The van der Waals surface area contributed by atoms with E-state index in [0.717, 1.165) is 17.9 Å². The van der Waals surface area contributed by atoms with Crippen LogP contribution < -0.4 is 4.74 Å². The summed E-state index contributed by atoms with van der Waals surface area (Å²) in [6, 6.07) is 13.4. The Labute approximate surface area is 140 Å². The summed E-state index contributed by atoms with van der Waals surface area (Å²) in [5, 5.41) is 9.90. The van der Waals surface area contributed by atoms with Crippen LogP contribution in [0, 0.1) is 18.3 Å². The molecule has 4 nitrogen and oxygen atoms in total. The minimum absolute atomic E-state index is 0.0701. The number of pyridine rings is 1. The molecular weight excluding hydrogens is 308 g/mol. The number of Topliss-reactive ketones (excluding diaryl/α,β-unsaturated/α-hetero) is 1. The Hall–Kier alpha value is -2.32. The third kappa shape index (κ3) is 4.83. The monoisotopic (exact) mass is 326 g/mol. The smallest absolute Gasteiger partial charge is 0.161 e. The minimum atomic E-state index is -0.0701. The number of benzene rings is 1. The predicted octanol–water partition coefficient (Wildman–Crippen LogP) is 4.03. The Bertz CT molecular complexity index is 724. The molecule has 0 aliphatic heterocycles. The van der Waals surface area contributed by atoms with Gasteiger partial charge in [-0.25, -0.2) is 4.98 Å². The van der Waals surface area contributed by atoms with Crippen LogP contribution in [0.25, 0.3) is 0 Å². The summed E-state index contributed by atoms with van der Waals surface area (Å²) < 4.78 is 5.63. The molecule has 23 heavy (non-hydrogen) atoms. The molecule has 0 atom stereocenters. The second-order valence-corrected chi connectivity index (χ2v) is 6.09. The first kappa shape index (κ1) is 17.0. The second-order valence-electron chi connectivity index (χ2n) is 5.01. The fourth-order valence-corrected chi connectivity index (χ4v) is 2.98. The van der Waals surface area contributed by atoms with Gasteiger partial charge < -0.3 is 4.74 Å². The number of hydrogen-bond acceptors (Lipinski definition) is 5. The summed E-state index contributed by atoms with van der Waals surface area (Å²) in [7, 11) is 0. The number of nitrogens with zero attached hydrogens (tertiary/aromatic N) is 2. The van der Waals surface area contributed by atoms with Crippen molar-refractivity contribution in [3.05, 3.63) is 53.2 Å². The standard InChI is InChI=1S/C18H18N2O2S/c1-13-17(14(2)21)11-15(12-19)18(20-13)23-10-6-9-22-16-7-4-3-5-8-16/h3-5,7-8,11H,6,9-10H2,1-2H3. The Balaban J connectivity index is 1.89. The van der Waals surface area contributed by atoms with E-state index in [1.165, 1.54) is 18.7 Å². The van der Waals surface area contributed by atoms with Gasteiger partial charge >= 0.3 is 0 Å². The number of para-hydroxylation sites is 1. The molecule has 0 aliphatic rings. The van der Waals surface area contributed by atoms with Gasteiger partial charge in [0, 0.05) is 17.0 Å². The Kier molecular flexibility index (Phi) is 6.19. The summed E-state index contributed by atoms with van der Waals surface area (Å²) in [6.45, 7) is 3.89. The van der Waals surface area contributed by atoms with Crippen LogP contribution in [0.4, 0.5) is 0 Å². The third-order valence-corrected chi connectivity index (χ3v) is 4.29. The SMILES string of the molecule is CC(=O)c1cc(C#N)c(SCCCOc2ccccc2)nc1C. The van der Waals surface area contributed by atoms with Crippen molar-refractivity contribution < 1.29 is 9.53 Å². The van der Waals surface area contributed by atoms with Gasteiger partial charge in [0.05, 0.1) is 12.2 Å². The second kappa shape index (κ2) is 8.35. The first-order chi connectivity index (χ1) is 11.1. The van der Waals surface area contributed by atoms with Crippen LogP contribution in [-0.2, 0) is 0 Å². The molecule has 2 rings (SSSR count). The number of ether oxygens (including phenoxy) is 1. The average molecular weight is 326 g/mol. The summed E-state index contributed by atoms with van der Waals surface area (Å²) >= 11 is 1.52. The van der Waals surface area contributed by atoms with Gasteiger partial charge in [0.1, 0.15) is 16.8 Å². The lowest BCUT2D eigenvalue weighted by Gasteiger charge is -2.08. The third-order valence-electron chi connectivity index (χ3n) is 3.22. The lowest BCUT2D eigenvalue weighted by molar-refractivity contribution is 0.101. The van der Waals surface area contributed by atoms with Gasteiger partial charge in [0.25, 0.3) is 0 Å². The first-order valence-electron chi connectivity index (χ1n) is 7.35. The number of carbonyl (C=O) groups is 1. The number of rotatable bonds is 7. The molecule has 0 aliphatic carbocycles. The van der Waals surface area contributed by atoms with E-state index in [-0.39, 0.29) is 5.78 Å². The number of carbonyl (C=O) groups excluding carboxylic acids is 1. The fraction of sp³-hybridized carbons (Fsp3) is 0.278. The number of hydrogen-bond donors (Lipinski definition) is 0. The zero-order valence-corrected chi connectivity index (χ0v) is 14.0. The summed E-state index contributed by atoms with van der Waals surface area (Å²) in [5.41, 5.74) is 1.63. The van der Waals surface area contributed by atoms with Crippen molar-refractivity contribution in [2.45, 2.75) is 25.3 Å². The maximum atomic E-state index is 11.5. The van der Waals surface area contributed by atoms with E-state index in [0.29, 0.717) is 28.5 Å². The summed E-state index contributed by atoms with van der Waals surface area (Å²) in [6.07, 6.45) is 0.847. The Morgan fingerprint density at radius 1 is 1.35 bits per heavy atom. The number of aryl methyl sites for hydroxylation is 1. The van der Waals surface area contributed by atoms with E-state index in [4.69, 9.17) is 4.74 Å². The topological polar surface area (TPSA) is 63.0 Å². The van der Waals surface area contributed by atoms with E-state index in [1.807, 2.05) is 30.3 Å². The fourth-order valence-electron chi connectivity index (χ4n) is 2.06. The molecule has 0 spiro atoms. The molecule has 0 saturated carbocycles. The normalized spacial score (nSPS) is 10.1. The molecule has 2 aromatic rings. The van der Waals surface area contributed by atoms with Crippen molar-refractivity contribution in [1.29, 1.82) is 5.26 Å². The number of nitriles is 1. The molecule has 0 saturated heterocycles. The highest BCUT2D eigenvalue weighted by atomic mass is 32.2. The van der Waals surface area contributed by atoms with Crippen LogP contribution in [0.3, 0.4) is 0 Å². The van der Waals surface area contributed by atoms with Crippen molar-refractivity contribution in [2.24, 2.45) is 0 Å². The molecule has 0 fully saturated rings. The molecule has 0 unspecified atom stereocenters. The predicted molar refractivity (Wildman–Crippen MR) is 91.0 cm³/mol. The minimum Gasteiger partial charge on any atom is -0.494 e. The van der Waals surface area contributed by atoms with E-state index in [1.54, 1.807) is 13.0 Å². The van der Waals surface area contributed by atoms with Gasteiger partial charge in [-0.15, -0.1) is 11.8 Å². The Morgan fingerprint density at radius 2 is 2.09 bits per heavy atom. The van der Waals surface area contributed by atoms with Gasteiger partial charge in [0.2, 0.25) is 0 Å². The number of thioether (sulfide) groups is 1. The highest BCUT2D eigenvalue weighted by Gasteiger charge is 2.12. The molecule has 118 valence electrons. The van der Waals surface area contributed by atoms with Crippen LogP contribution in [0.5, 0.6) is 5.75 Å². The average Bonchev–Trinajstić information content (AvgIpc) is 2.55. The van der Waals surface area contributed by atoms with E-state index >= 15 is 0 Å². The summed E-state index contributed by atoms with van der Waals surface area (Å²) in [5.74, 6) is 1.59. The van der Waals surface area contributed by atoms with Crippen molar-refractivity contribution in [3.63, 3.8) is 0 Å². The highest BCUT2D eigenvalue weighted by molar-refractivity contribution is 7.99. The molecule has 0 amide bonds. The molecule has 1 aromatic heterocycles. The Morgan fingerprint density at radius 3 is 2.74 bits per heavy atom. The lowest BCUT2D eigenvalue weighted by atomic mass is 10.1. The molecule has 1 heterocycles. The quantitative estimate of drug-likeness (QED) is 0.437. The van der Waals surface area contributed by atoms with Gasteiger partial charge in [-0.3, -0.25) is 4.79 Å². The molecule has 1 aromatic carbocycles. The zero-order chi connectivity index (χ0) is 16.7. The molecular formula is C18H18N2O2S. The van der Waals surface area contributed by atoms with Crippen LogP contribution >= 0.6 is 11.8 Å². The number of aromatic nitrogens is 1. The van der Waals surface area contributed by atoms with Gasteiger partial charge in [-0.05, 0) is 38.5 Å². The largest absolute Gasteiger partial charge is 0.494 e. The van der Waals surface area contributed by atoms with Crippen LogP contribution in [-0.4, -0.2) is 23.1 Å². The lowest BCUT2D eigenvalue weighted by Crippen LogP contribution is -2.03. The van der Waals surface area contributed by atoms with Crippen molar-refractivity contribution in [3.8, 4) is 11.8 Å². The molecule has 5 heteroatoms. The van der Waals surface area contributed by atoms with Gasteiger partial charge in [0.15, 0.2) is 5.78 Å². The van der Waals surface area contributed by atoms with Gasteiger partial charge in [-0.1, -0.05) is 18.2 Å². The maximum absolute atomic E-state index is 11.5. The number of ketones is 1. The van der Waals surface area contributed by atoms with E-state index in [9.17, 15) is 10.1 Å². The maximum Gasteiger partial charge on any atom is 0.161 e. The van der Waals surface area contributed by atoms with Gasteiger partial charge in [-0.2, -0.15) is 5.26 Å². The van der Waals surface area contributed by atoms with E-state index in [2.05, 4.69) is 11.1 Å². The molecule has 0 N–H and O–H groups in total. The van der Waals surface area contributed by atoms with Crippen LogP contribution in [0.2, 0.25) is 0 Å². The highest BCUT2D eigenvalue weighted by Crippen LogP contribution is 2.23. The van der Waals surface area contributed by atoms with Crippen molar-refractivity contribution in [1.82, 2.24) is 4.98 Å². The molecule has 0 radical (unpaired) electrons.